The van der Waals surface area contributed by atoms with Crippen molar-refractivity contribution in [1.29, 1.82) is 0 Å². The van der Waals surface area contributed by atoms with Gasteiger partial charge in [-0.2, -0.15) is 0 Å². The Morgan fingerprint density at radius 2 is 1.50 bits per heavy atom. The van der Waals surface area contributed by atoms with Gasteiger partial charge in [-0.05, 0) is 31.4 Å². The standard InChI is InChI=1S/C11H15BrP.BrH/c12-13(9-5-2-6-10-13)11-7-3-1-4-8-11;/h1,3-4,7-8H,2,5-6,9-10H2;1H/q+1;/p-1. The van der Waals surface area contributed by atoms with Crippen LogP contribution in [0.5, 0.6) is 0 Å². The second-order valence-corrected chi connectivity index (χ2v) is 10.9. The van der Waals surface area contributed by atoms with Crippen LogP contribution in [0.2, 0.25) is 0 Å². The Morgan fingerprint density at radius 3 is 2.07 bits per heavy atom. The average Bonchev–Trinajstić information content (AvgIpc) is 2.20. The number of halogens is 2. The summed E-state index contributed by atoms with van der Waals surface area (Å²) in [4.78, 5) is 0. The van der Waals surface area contributed by atoms with E-state index in [1.807, 2.05) is 0 Å². The molecule has 1 aliphatic heterocycles. The molecule has 1 heterocycles. The molecule has 2 rings (SSSR count). The van der Waals surface area contributed by atoms with E-state index >= 15 is 0 Å². The van der Waals surface area contributed by atoms with Crippen LogP contribution in [0, 0.1) is 0 Å². The lowest BCUT2D eigenvalue weighted by Gasteiger charge is -2.23. The molecule has 0 saturated carbocycles. The molecule has 1 aliphatic rings. The van der Waals surface area contributed by atoms with E-state index in [1.165, 1.54) is 31.6 Å². The van der Waals surface area contributed by atoms with Crippen LogP contribution in [0.4, 0.5) is 0 Å². The molecule has 0 spiro atoms. The zero-order valence-corrected chi connectivity index (χ0v) is 12.2. The van der Waals surface area contributed by atoms with E-state index in [0.717, 1.165) is 0 Å². The molecular formula is C11H15Br2P. The van der Waals surface area contributed by atoms with Crippen LogP contribution < -0.4 is 22.3 Å². The van der Waals surface area contributed by atoms with Gasteiger partial charge < -0.3 is 17.0 Å². The Kier molecular flexibility index (Phi) is 5.10. The summed E-state index contributed by atoms with van der Waals surface area (Å²) in [5, 5.41) is 1.56. The Labute approximate surface area is 105 Å². The highest BCUT2D eigenvalue weighted by Crippen LogP contribution is 2.67. The predicted molar refractivity (Wildman–Crippen MR) is 65.5 cm³/mol. The molecule has 0 nitrogen and oxygen atoms in total. The van der Waals surface area contributed by atoms with Gasteiger partial charge in [0.15, 0.2) is 0 Å². The summed E-state index contributed by atoms with van der Waals surface area (Å²) in [6.07, 6.45) is 7.05. The van der Waals surface area contributed by atoms with E-state index in [-0.39, 0.29) is 17.0 Å². The predicted octanol–water partition coefficient (Wildman–Crippen LogP) is 0.827. The molecule has 1 aromatic rings. The summed E-state index contributed by atoms with van der Waals surface area (Å²) in [5.41, 5.74) is 0. The fourth-order valence-corrected chi connectivity index (χ4v) is 7.08. The van der Waals surface area contributed by atoms with Crippen molar-refractivity contribution in [3.05, 3.63) is 30.3 Å². The Balaban J connectivity index is 0.000000980. The summed E-state index contributed by atoms with van der Waals surface area (Å²) >= 11 is 4.02. The zero-order chi connectivity index (χ0) is 9.15. The summed E-state index contributed by atoms with van der Waals surface area (Å²) in [7, 11) is 0. The molecule has 0 radical (unpaired) electrons. The highest BCUT2D eigenvalue weighted by atomic mass is 79.9. The minimum absolute atomic E-state index is 0. The van der Waals surface area contributed by atoms with Crippen molar-refractivity contribution >= 4 is 26.8 Å². The maximum absolute atomic E-state index is 4.02. The summed E-state index contributed by atoms with van der Waals surface area (Å²) < 4.78 is 0. The molecule has 1 aromatic carbocycles. The molecule has 0 unspecified atom stereocenters. The lowest BCUT2D eigenvalue weighted by molar-refractivity contribution is -0.00000250. The van der Waals surface area contributed by atoms with Gasteiger partial charge in [-0.3, -0.25) is 0 Å². The van der Waals surface area contributed by atoms with Gasteiger partial charge in [0.05, 0.1) is 12.3 Å². The van der Waals surface area contributed by atoms with Crippen LogP contribution in [0.1, 0.15) is 19.3 Å². The van der Waals surface area contributed by atoms with Crippen molar-refractivity contribution in [2.24, 2.45) is 0 Å². The monoisotopic (exact) mass is 336 g/mol. The number of hydrogen-bond acceptors (Lipinski definition) is 0. The van der Waals surface area contributed by atoms with Crippen LogP contribution in [0.25, 0.3) is 0 Å². The van der Waals surface area contributed by atoms with Crippen LogP contribution in [0.3, 0.4) is 0 Å². The first-order chi connectivity index (χ1) is 6.31. The largest absolute Gasteiger partial charge is 1.00 e. The maximum atomic E-state index is 4.02. The lowest BCUT2D eigenvalue weighted by atomic mass is 10.3. The summed E-state index contributed by atoms with van der Waals surface area (Å²) in [6.45, 7) is 0. The van der Waals surface area contributed by atoms with E-state index in [1.54, 1.807) is 5.30 Å². The molecule has 14 heavy (non-hydrogen) atoms. The molecular weight excluding hydrogens is 323 g/mol. The second-order valence-electron chi connectivity index (χ2n) is 3.71. The van der Waals surface area contributed by atoms with Gasteiger partial charge in [0.1, 0.15) is 26.8 Å². The molecule has 1 saturated heterocycles. The van der Waals surface area contributed by atoms with Gasteiger partial charge in [-0.15, -0.1) is 0 Å². The van der Waals surface area contributed by atoms with E-state index < -0.39 is 5.96 Å². The number of rotatable bonds is 1. The van der Waals surface area contributed by atoms with Crippen molar-refractivity contribution in [1.82, 2.24) is 0 Å². The van der Waals surface area contributed by atoms with Gasteiger partial charge in [0, 0.05) is 0 Å². The first-order valence-corrected chi connectivity index (χ1v) is 9.11. The smallest absolute Gasteiger partial charge is 0.144 e. The van der Waals surface area contributed by atoms with Crippen LogP contribution in [0.15, 0.2) is 30.3 Å². The normalized spacial score (nSPS) is 19.8. The molecule has 0 aliphatic carbocycles. The lowest BCUT2D eigenvalue weighted by Crippen LogP contribution is -3.00. The highest BCUT2D eigenvalue weighted by Gasteiger charge is 2.38. The third-order valence-corrected chi connectivity index (χ3v) is 9.37. The molecule has 0 N–H and O–H groups in total. The average molecular weight is 338 g/mol. The molecule has 0 atom stereocenters. The van der Waals surface area contributed by atoms with Gasteiger partial charge in [0.25, 0.3) is 0 Å². The Bertz CT molecular complexity index is 268. The van der Waals surface area contributed by atoms with Gasteiger partial charge >= 0.3 is 0 Å². The summed E-state index contributed by atoms with van der Waals surface area (Å²) in [5.74, 6) is -0.903. The van der Waals surface area contributed by atoms with Crippen molar-refractivity contribution < 1.29 is 17.0 Å². The van der Waals surface area contributed by atoms with Gasteiger partial charge in [-0.25, -0.2) is 0 Å². The van der Waals surface area contributed by atoms with Crippen molar-refractivity contribution in [3.8, 4) is 0 Å². The molecule has 78 valence electrons. The van der Waals surface area contributed by atoms with E-state index in [0.29, 0.717) is 0 Å². The minimum Gasteiger partial charge on any atom is -1.00 e. The van der Waals surface area contributed by atoms with Gasteiger partial charge in [-0.1, -0.05) is 18.2 Å². The third-order valence-electron chi connectivity index (χ3n) is 2.74. The third kappa shape index (κ3) is 2.81. The van der Waals surface area contributed by atoms with E-state index in [9.17, 15) is 0 Å². The molecule has 3 heteroatoms. The van der Waals surface area contributed by atoms with Crippen LogP contribution >= 0.6 is 21.5 Å². The SMILES string of the molecule is Br[P+]1(c2ccccc2)CCCCC1.[Br-]. The van der Waals surface area contributed by atoms with E-state index in [4.69, 9.17) is 0 Å². The van der Waals surface area contributed by atoms with Gasteiger partial charge in [0.2, 0.25) is 0 Å². The molecule has 0 amide bonds. The van der Waals surface area contributed by atoms with Crippen molar-refractivity contribution in [2.45, 2.75) is 19.3 Å². The topological polar surface area (TPSA) is 0 Å². The van der Waals surface area contributed by atoms with Crippen molar-refractivity contribution in [2.75, 3.05) is 12.3 Å². The van der Waals surface area contributed by atoms with Crippen LogP contribution in [-0.2, 0) is 0 Å². The zero-order valence-electron chi connectivity index (χ0n) is 8.13. The van der Waals surface area contributed by atoms with Crippen LogP contribution in [-0.4, -0.2) is 12.3 Å². The Hall–Kier alpha value is 0.610. The maximum Gasteiger partial charge on any atom is 0.144 e. The highest BCUT2D eigenvalue weighted by molar-refractivity contribution is 9.43. The molecule has 0 aromatic heterocycles. The first kappa shape index (κ1) is 12.7. The number of benzene rings is 1. The Morgan fingerprint density at radius 1 is 0.929 bits per heavy atom. The first-order valence-electron chi connectivity index (χ1n) is 4.94. The second kappa shape index (κ2) is 5.63. The molecule has 1 fully saturated rings. The van der Waals surface area contributed by atoms with E-state index in [2.05, 4.69) is 45.8 Å². The summed E-state index contributed by atoms with van der Waals surface area (Å²) in [6, 6.07) is 11.0. The minimum atomic E-state index is -0.903. The number of hydrogen-bond donors (Lipinski definition) is 0. The fourth-order valence-electron chi connectivity index (χ4n) is 1.97. The fraction of sp³-hybridized carbons (Fsp3) is 0.455. The molecule has 0 bridgehead atoms. The van der Waals surface area contributed by atoms with Crippen molar-refractivity contribution in [3.63, 3.8) is 0 Å². The quantitative estimate of drug-likeness (QED) is 0.666.